The summed E-state index contributed by atoms with van der Waals surface area (Å²) < 4.78 is 0. The fourth-order valence-corrected chi connectivity index (χ4v) is 3.62. The third-order valence-corrected chi connectivity index (χ3v) is 6.19. The van der Waals surface area contributed by atoms with Gasteiger partial charge < -0.3 is 54.4 Å². The smallest absolute Gasteiger partial charge is 0.326 e. The number of primary amides is 2. The number of carbonyl (C=O) groups excluding carboxylic acids is 6. The number of hydrogen-bond donors (Lipinski definition) is 11. The van der Waals surface area contributed by atoms with E-state index in [9.17, 15) is 43.8 Å². The SMILES string of the molecule is C[C@@H](O)[C@H](N)C(=O)N[C@@H](CS)C(=O)N[C@@H](CCCCN)C(=O)N[C@@H](CCC(N)=O)C(=O)N[C@@H](CCC(N)=O)C(=O)O. The number of rotatable bonds is 21. The number of aliphatic hydroxyl groups is 1. The Labute approximate surface area is 242 Å². The van der Waals surface area contributed by atoms with Crippen molar-refractivity contribution >= 4 is 54.0 Å². The van der Waals surface area contributed by atoms with E-state index in [-0.39, 0.29) is 37.9 Å². The summed E-state index contributed by atoms with van der Waals surface area (Å²) in [5, 5.41) is 28.3. The molecule has 14 N–H and O–H groups in total. The first-order chi connectivity index (χ1) is 19.1. The van der Waals surface area contributed by atoms with Gasteiger partial charge in [0.2, 0.25) is 35.4 Å². The van der Waals surface area contributed by atoms with E-state index in [2.05, 4.69) is 33.9 Å². The van der Waals surface area contributed by atoms with Gasteiger partial charge in [-0.3, -0.25) is 28.8 Å². The Morgan fingerprint density at radius 1 is 0.707 bits per heavy atom. The Hall–Kier alpha value is -3.48. The number of carboxylic acid groups (broad SMARTS) is 1. The molecule has 234 valence electrons. The zero-order valence-corrected chi connectivity index (χ0v) is 23.7. The van der Waals surface area contributed by atoms with E-state index in [1.54, 1.807) is 0 Å². The average Bonchev–Trinajstić information content (AvgIpc) is 2.89. The molecule has 0 fully saturated rings. The van der Waals surface area contributed by atoms with Crippen molar-refractivity contribution in [2.24, 2.45) is 22.9 Å². The van der Waals surface area contributed by atoms with Gasteiger partial charge in [0.15, 0.2) is 0 Å². The van der Waals surface area contributed by atoms with Gasteiger partial charge >= 0.3 is 5.97 Å². The normalized spacial score (nSPS) is 15.2. The lowest BCUT2D eigenvalue weighted by molar-refractivity contribution is -0.142. The van der Waals surface area contributed by atoms with Crippen molar-refractivity contribution in [1.82, 2.24) is 21.3 Å². The topological polar surface area (TPSA) is 312 Å². The highest BCUT2D eigenvalue weighted by atomic mass is 32.1. The fourth-order valence-electron chi connectivity index (χ4n) is 3.36. The van der Waals surface area contributed by atoms with Gasteiger partial charge in [0.1, 0.15) is 30.2 Å². The number of carbonyl (C=O) groups is 7. The molecular weight excluding hydrogens is 564 g/mol. The Morgan fingerprint density at radius 3 is 1.54 bits per heavy atom. The number of unbranched alkanes of at least 4 members (excludes halogenated alkanes) is 1. The van der Waals surface area contributed by atoms with Crippen LogP contribution in [0.5, 0.6) is 0 Å². The average molecular weight is 607 g/mol. The van der Waals surface area contributed by atoms with E-state index >= 15 is 0 Å². The molecule has 0 spiro atoms. The minimum Gasteiger partial charge on any atom is -0.480 e. The number of nitrogens with one attached hydrogen (secondary N) is 4. The van der Waals surface area contributed by atoms with Gasteiger partial charge in [0.05, 0.1) is 6.10 Å². The number of amides is 6. The molecule has 6 amide bonds. The van der Waals surface area contributed by atoms with Crippen LogP contribution in [0.3, 0.4) is 0 Å². The van der Waals surface area contributed by atoms with Crippen molar-refractivity contribution in [3.8, 4) is 0 Å². The molecule has 0 bridgehead atoms. The molecule has 0 radical (unpaired) electrons. The van der Waals surface area contributed by atoms with Crippen molar-refractivity contribution in [1.29, 1.82) is 0 Å². The quantitative estimate of drug-likeness (QED) is 0.0435. The van der Waals surface area contributed by atoms with Crippen LogP contribution in [0.15, 0.2) is 0 Å². The standard InChI is InChI=1S/C23H42N8O9S/c1-11(32)18(27)22(38)31-15(10-41)21(37)28-12(4-2-3-9-24)19(35)29-13(5-7-16(25)33)20(36)30-14(23(39)40)6-8-17(26)34/h11-15,18,32,41H,2-10,24,27H2,1H3,(H2,25,33)(H2,26,34)(H,28,37)(H,29,35)(H,30,36)(H,31,38)(H,39,40)/t11-,12+,13+,14+,15+,18+/m1/s1. The highest BCUT2D eigenvalue weighted by Gasteiger charge is 2.32. The Morgan fingerprint density at radius 2 is 1.12 bits per heavy atom. The maximum Gasteiger partial charge on any atom is 0.326 e. The van der Waals surface area contributed by atoms with Gasteiger partial charge in [-0.05, 0) is 45.6 Å². The predicted octanol–water partition coefficient (Wildman–Crippen LogP) is -4.69. The number of aliphatic hydroxyl groups excluding tert-OH is 1. The summed E-state index contributed by atoms with van der Waals surface area (Å²) in [6, 6.07) is -6.76. The number of hydrogen-bond acceptors (Lipinski definition) is 11. The second-order valence-electron chi connectivity index (χ2n) is 9.33. The van der Waals surface area contributed by atoms with Gasteiger partial charge in [-0.1, -0.05) is 0 Å². The van der Waals surface area contributed by atoms with Crippen molar-refractivity contribution in [2.75, 3.05) is 12.3 Å². The van der Waals surface area contributed by atoms with Gasteiger partial charge in [0, 0.05) is 18.6 Å². The molecule has 18 heteroatoms. The number of carboxylic acids is 1. The van der Waals surface area contributed by atoms with Crippen LogP contribution < -0.4 is 44.2 Å². The summed E-state index contributed by atoms with van der Waals surface area (Å²) in [7, 11) is 0. The number of aliphatic carboxylic acids is 1. The number of thiol groups is 1. The summed E-state index contributed by atoms with van der Waals surface area (Å²) in [5.74, 6) is -6.70. The largest absolute Gasteiger partial charge is 0.480 e. The van der Waals surface area contributed by atoms with Crippen LogP contribution in [-0.2, 0) is 33.6 Å². The lowest BCUT2D eigenvalue weighted by Crippen LogP contribution is -2.59. The molecule has 0 saturated heterocycles. The van der Waals surface area contributed by atoms with Gasteiger partial charge in [-0.2, -0.15) is 12.6 Å². The van der Waals surface area contributed by atoms with E-state index in [1.165, 1.54) is 6.92 Å². The molecule has 0 aliphatic heterocycles. The molecule has 41 heavy (non-hydrogen) atoms. The molecule has 0 saturated carbocycles. The third-order valence-electron chi connectivity index (χ3n) is 5.82. The highest BCUT2D eigenvalue weighted by Crippen LogP contribution is 2.07. The van der Waals surface area contributed by atoms with Crippen LogP contribution in [0, 0.1) is 0 Å². The van der Waals surface area contributed by atoms with Crippen LogP contribution in [0.2, 0.25) is 0 Å². The molecule has 0 aromatic heterocycles. The van der Waals surface area contributed by atoms with Crippen molar-refractivity contribution < 1.29 is 43.8 Å². The molecule has 0 aromatic rings. The Bertz CT molecular complexity index is 937. The predicted molar refractivity (Wildman–Crippen MR) is 149 cm³/mol. The molecule has 0 aromatic carbocycles. The molecule has 6 atom stereocenters. The van der Waals surface area contributed by atoms with Gasteiger partial charge in [-0.25, -0.2) is 4.79 Å². The summed E-state index contributed by atoms with van der Waals surface area (Å²) >= 11 is 4.05. The van der Waals surface area contributed by atoms with Crippen LogP contribution in [0.1, 0.15) is 51.9 Å². The van der Waals surface area contributed by atoms with E-state index in [4.69, 9.17) is 22.9 Å². The molecular formula is C23H42N8O9S. The lowest BCUT2D eigenvalue weighted by Gasteiger charge is -2.26. The van der Waals surface area contributed by atoms with Crippen molar-refractivity contribution in [3.05, 3.63) is 0 Å². The third kappa shape index (κ3) is 15.2. The summed E-state index contributed by atoms with van der Waals surface area (Å²) in [5.41, 5.74) is 21.3. The number of nitrogens with two attached hydrogens (primary N) is 4. The molecule has 17 nitrogen and oxygen atoms in total. The van der Waals surface area contributed by atoms with Crippen LogP contribution >= 0.6 is 12.6 Å². The summed E-state index contributed by atoms with van der Waals surface area (Å²) in [4.78, 5) is 85.2. The second kappa shape index (κ2) is 19.6. The lowest BCUT2D eigenvalue weighted by atomic mass is 10.0. The maximum absolute atomic E-state index is 13.2. The molecule has 0 aliphatic rings. The minimum atomic E-state index is -1.52. The monoisotopic (exact) mass is 606 g/mol. The fraction of sp³-hybridized carbons (Fsp3) is 0.696. The Balaban J connectivity index is 5.80. The molecule has 0 unspecified atom stereocenters. The first kappa shape index (κ1) is 37.5. The first-order valence-electron chi connectivity index (χ1n) is 12.9. The highest BCUT2D eigenvalue weighted by molar-refractivity contribution is 7.80. The minimum absolute atomic E-state index is 0.0652. The summed E-state index contributed by atoms with van der Waals surface area (Å²) in [6.45, 7) is 1.58. The van der Waals surface area contributed by atoms with Crippen LogP contribution in [0.4, 0.5) is 0 Å². The second-order valence-corrected chi connectivity index (χ2v) is 9.69. The zero-order valence-electron chi connectivity index (χ0n) is 22.8. The van der Waals surface area contributed by atoms with E-state index < -0.39 is 77.7 Å². The van der Waals surface area contributed by atoms with Crippen LogP contribution in [0.25, 0.3) is 0 Å². The molecule has 0 aliphatic carbocycles. The maximum atomic E-state index is 13.2. The molecule has 0 rings (SSSR count). The van der Waals surface area contributed by atoms with Gasteiger partial charge in [0.25, 0.3) is 0 Å². The summed E-state index contributed by atoms with van der Waals surface area (Å²) in [6.07, 6.45) is -1.57. The van der Waals surface area contributed by atoms with E-state index in [0.29, 0.717) is 19.4 Å². The van der Waals surface area contributed by atoms with Crippen molar-refractivity contribution in [2.45, 2.75) is 88.2 Å². The van der Waals surface area contributed by atoms with Crippen molar-refractivity contribution in [3.63, 3.8) is 0 Å². The molecule has 0 heterocycles. The van der Waals surface area contributed by atoms with E-state index in [1.807, 2.05) is 0 Å². The zero-order chi connectivity index (χ0) is 31.7. The first-order valence-corrected chi connectivity index (χ1v) is 13.5. The van der Waals surface area contributed by atoms with Crippen LogP contribution in [-0.4, -0.2) is 100 Å². The Kier molecular flexibility index (Phi) is 17.9. The van der Waals surface area contributed by atoms with Gasteiger partial charge in [-0.15, -0.1) is 0 Å². The van der Waals surface area contributed by atoms with E-state index in [0.717, 1.165) is 0 Å².